The van der Waals surface area contributed by atoms with Crippen molar-refractivity contribution in [3.63, 3.8) is 0 Å². The first kappa shape index (κ1) is 61.3. The smallest absolute Gasteiger partial charge is 0.333 e. The van der Waals surface area contributed by atoms with Crippen LogP contribution in [-0.2, 0) is 45.8 Å². The van der Waals surface area contributed by atoms with Gasteiger partial charge in [0.15, 0.2) is 0 Å². The van der Waals surface area contributed by atoms with Crippen LogP contribution in [0, 0.1) is 35.5 Å². The summed E-state index contributed by atoms with van der Waals surface area (Å²) < 4.78 is 258. The Morgan fingerprint density at radius 2 is 0.397 bits per heavy atom. The van der Waals surface area contributed by atoms with E-state index in [0.717, 1.165) is 0 Å². The van der Waals surface area contributed by atoms with Gasteiger partial charge in [-0.1, -0.05) is 62.3 Å². The third kappa shape index (κ3) is 14.4. The predicted octanol–water partition coefficient (Wildman–Crippen LogP) is 9.62. The summed E-state index contributed by atoms with van der Waals surface area (Å²) in [6.45, 7) is 10.6. The Balaban J connectivity index is -0.000000374. The summed E-state index contributed by atoms with van der Waals surface area (Å²) >= 11 is 0. The van der Waals surface area contributed by atoms with Gasteiger partial charge in [-0.25, -0.2) is 0 Å². The molecule has 0 spiro atoms. The van der Waals surface area contributed by atoms with E-state index >= 15 is 0 Å². The van der Waals surface area contributed by atoms with Crippen LogP contribution in [-0.4, -0.2) is 88.8 Å². The molecule has 0 aliphatic rings. The molecule has 6 nitrogen and oxygen atoms in total. The number of ketones is 6. The predicted molar refractivity (Wildman–Crippen MR) is 149 cm³/mol. The summed E-state index contributed by atoms with van der Waals surface area (Å²) in [7, 11) is 0. The Labute approximate surface area is 324 Å². The molecule has 0 N–H and O–H groups in total. The zero-order chi connectivity index (χ0) is 47.6. The van der Waals surface area contributed by atoms with E-state index in [1.807, 2.05) is 0 Å². The molecule has 0 heterocycles. The minimum Gasteiger partial charge on any atom is -0.333 e. The third-order valence-corrected chi connectivity index (χ3v) is 6.18. The molecule has 0 aliphatic heterocycles. The Kier molecular flexibility index (Phi) is 19.6. The van der Waals surface area contributed by atoms with Crippen molar-refractivity contribution in [3.05, 3.63) is 19.3 Å². The number of hydrogen-bond donors (Lipinski definition) is 0. The van der Waals surface area contributed by atoms with E-state index in [4.69, 9.17) is 0 Å². The van der Waals surface area contributed by atoms with Gasteiger partial charge in [0.1, 0.15) is 0 Å². The number of carbonyl (C=O) groups excluding carboxylic acids is 6. The summed E-state index contributed by atoms with van der Waals surface area (Å²) in [6, 6.07) is 0. The van der Waals surface area contributed by atoms with Crippen molar-refractivity contribution >= 4 is 34.7 Å². The number of Topliss-reactive ketones (excluding diaryl/α,β-unsaturated/α-hetero) is 6. The molecule has 341 valence electrons. The SMILES string of the molecule is CC(C)(C)C(=O)[CH-]C(=O)C(F)(F)C(F)(F)C(F)(F)F.CC(C)(C)C(=O)[CH-]C(=O)C(F)(F)C(F)(F)C(F)(F)F.CC(C)(C)C(=O)[CH-]C(=O)C(F)(F)C(F)(F)C(F)(F)F.[Fe+3]. The van der Waals surface area contributed by atoms with Gasteiger partial charge in [-0.2, -0.15) is 92.2 Å². The van der Waals surface area contributed by atoms with Gasteiger partial charge in [0.05, 0.1) is 17.3 Å². The molecule has 0 aliphatic carbocycles. The van der Waals surface area contributed by atoms with Crippen LogP contribution < -0.4 is 0 Å². The van der Waals surface area contributed by atoms with Crippen molar-refractivity contribution in [2.45, 2.75) is 116 Å². The molecule has 0 aromatic carbocycles. The maximum absolute atomic E-state index is 12.8. The number of halogens is 21. The summed E-state index contributed by atoms with van der Waals surface area (Å²) in [4.78, 5) is 65.9. The van der Waals surface area contributed by atoms with Gasteiger partial charge in [0.2, 0.25) is 0 Å². The molecule has 0 saturated heterocycles. The van der Waals surface area contributed by atoms with Crippen LogP contribution >= 0.6 is 0 Å². The summed E-state index contributed by atoms with van der Waals surface area (Å²) in [6.07, 6.45) is -21.1. The Hall–Kier alpha value is -3.32. The van der Waals surface area contributed by atoms with E-state index < -0.39 is 124 Å². The van der Waals surface area contributed by atoms with Crippen LogP contribution in [0.3, 0.4) is 0 Å². The van der Waals surface area contributed by atoms with Crippen LogP contribution in [0.15, 0.2) is 0 Å². The van der Waals surface area contributed by atoms with Crippen molar-refractivity contribution < 1.29 is 138 Å². The first-order valence-corrected chi connectivity index (χ1v) is 14.4. The summed E-state index contributed by atoms with van der Waals surface area (Å²) in [5.41, 5.74) is -4.09. The van der Waals surface area contributed by atoms with Gasteiger partial charge in [-0.05, 0) is 16.2 Å². The second-order valence-corrected chi connectivity index (χ2v) is 14.3. The first-order chi connectivity index (χ1) is 24.1. The molecule has 0 aromatic rings. The summed E-state index contributed by atoms with van der Waals surface area (Å²) in [5, 5.41) is 0. The average molecular weight is 941 g/mol. The molecule has 28 heteroatoms. The van der Waals surface area contributed by atoms with Crippen molar-refractivity contribution in [2.24, 2.45) is 16.2 Å². The maximum Gasteiger partial charge on any atom is 3.00 e. The van der Waals surface area contributed by atoms with Gasteiger partial charge in [-0.15, -0.1) is 0 Å². The zero-order valence-electron chi connectivity index (χ0n) is 30.5. The molecule has 0 atom stereocenters. The van der Waals surface area contributed by atoms with Gasteiger partial charge < -0.3 is 28.8 Å². The van der Waals surface area contributed by atoms with Crippen molar-refractivity contribution in [2.75, 3.05) is 0 Å². The minimum absolute atomic E-state index is 0. The van der Waals surface area contributed by atoms with Crippen LogP contribution in [0.4, 0.5) is 92.2 Å². The van der Waals surface area contributed by atoms with Gasteiger partial charge >= 0.3 is 71.1 Å². The van der Waals surface area contributed by atoms with Crippen LogP contribution in [0.2, 0.25) is 0 Å². The number of rotatable bonds is 12. The molecular formula is C30H30F21FeO6. The number of carbonyl (C=O) groups is 6. The van der Waals surface area contributed by atoms with Crippen molar-refractivity contribution in [1.82, 2.24) is 0 Å². The molecule has 58 heavy (non-hydrogen) atoms. The maximum atomic E-state index is 12.8. The first-order valence-electron chi connectivity index (χ1n) is 14.4. The third-order valence-electron chi connectivity index (χ3n) is 6.18. The molecule has 1 radical (unpaired) electrons. The fraction of sp³-hybridized carbons (Fsp3) is 0.700. The largest absolute Gasteiger partial charge is 3.00 e. The standard InChI is InChI=1S/3C10H10F7O2.Fe/c3*1-7(2,3)5(18)4-6(19)8(11,12)9(13,14)10(15,16)17;/h3*4H,1-3H3;/q3*-1;+3. The molecule has 0 unspecified atom stereocenters. The summed E-state index contributed by atoms with van der Waals surface area (Å²) in [5.74, 6) is -50.2. The van der Waals surface area contributed by atoms with E-state index in [1.165, 1.54) is 62.3 Å². The molecule has 0 bridgehead atoms. The van der Waals surface area contributed by atoms with Gasteiger partial charge in [0.25, 0.3) is 0 Å². The molecule has 0 saturated carbocycles. The van der Waals surface area contributed by atoms with E-state index in [-0.39, 0.29) is 17.1 Å². The van der Waals surface area contributed by atoms with Crippen molar-refractivity contribution in [1.29, 1.82) is 0 Å². The quantitative estimate of drug-likeness (QED) is 0.0837. The van der Waals surface area contributed by atoms with Gasteiger partial charge in [-0.3, -0.25) is 19.3 Å². The zero-order valence-corrected chi connectivity index (χ0v) is 31.6. The fourth-order valence-corrected chi connectivity index (χ4v) is 2.28. The van der Waals surface area contributed by atoms with E-state index in [9.17, 15) is 121 Å². The second-order valence-electron chi connectivity index (χ2n) is 14.3. The van der Waals surface area contributed by atoms with Crippen LogP contribution in [0.1, 0.15) is 62.3 Å². The number of alkyl halides is 21. The Bertz CT molecular complexity index is 1310. The van der Waals surface area contributed by atoms with E-state index in [0.29, 0.717) is 0 Å². The van der Waals surface area contributed by atoms with Crippen LogP contribution in [0.25, 0.3) is 0 Å². The Morgan fingerprint density at radius 3 is 0.483 bits per heavy atom. The van der Waals surface area contributed by atoms with Gasteiger partial charge in [0, 0.05) is 17.3 Å². The van der Waals surface area contributed by atoms with Crippen LogP contribution in [0.5, 0.6) is 0 Å². The molecule has 0 amide bonds. The molecule has 0 rings (SSSR count). The fourth-order valence-electron chi connectivity index (χ4n) is 2.28. The topological polar surface area (TPSA) is 102 Å². The molecule has 0 aromatic heterocycles. The minimum atomic E-state index is -6.61. The average Bonchev–Trinajstić information content (AvgIpc) is 2.93. The monoisotopic (exact) mass is 941 g/mol. The molecular weight excluding hydrogens is 911 g/mol. The van der Waals surface area contributed by atoms with E-state index in [2.05, 4.69) is 0 Å². The normalized spacial score (nSPS) is 14.0. The molecule has 0 fully saturated rings. The Morgan fingerprint density at radius 1 is 0.276 bits per heavy atom. The van der Waals surface area contributed by atoms with Crippen molar-refractivity contribution in [3.8, 4) is 0 Å². The number of hydrogen-bond acceptors (Lipinski definition) is 6. The second kappa shape index (κ2) is 18.5. The van der Waals surface area contributed by atoms with E-state index in [1.54, 1.807) is 0 Å².